The summed E-state index contributed by atoms with van der Waals surface area (Å²) in [6.07, 6.45) is 1.51. The van der Waals surface area contributed by atoms with Crippen LogP contribution in [0, 0.1) is 0 Å². The Balaban J connectivity index is 1.89. The summed E-state index contributed by atoms with van der Waals surface area (Å²) < 4.78 is 15.6. The van der Waals surface area contributed by atoms with E-state index in [9.17, 15) is 4.79 Å². The Morgan fingerprint density at radius 3 is 2.35 bits per heavy atom. The van der Waals surface area contributed by atoms with E-state index < -0.39 is 5.97 Å². The zero-order valence-corrected chi connectivity index (χ0v) is 14.8. The number of hydrogen-bond donors (Lipinski definition) is 0. The molecule has 3 aromatic rings. The molecule has 3 rings (SSSR count). The molecule has 1 heterocycles. The van der Waals surface area contributed by atoms with Crippen LogP contribution < -0.4 is 9.64 Å². The van der Waals surface area contributed by atoms with Crippen LogP contribution in [0.1, 0.15) is 21.7 Å². The molecule has 26 heavy (non-hydrogen) atoms. The second-order valence-corrected chi connectivity index (χ2v) is 5.79. The van der Waals surface area contributed by atoms with E-state index in [2.05, 4.69) is 17.0 Å². The summed E-state index contributed by atoms with van der Waals surface area (Å²) >= 11 is 0. The van der Waals surface area contributed by atoms with Gasteiger partial charge in [-0.05, 0) is 35.9 Å². The Morgan fingerprint density at radius 1 is 0.962 bits per heavy atom. The van der Waals surface area contributed by atoms with E-state index in [-0.39, 0.29) is 0 Å². The van der Waals surface area contributed by atoms with Gasteiger partial charge in [0.05, 0.1) is 27.0 Å². The van der Waals surface area contributed by atoms with E-state index in [1.807, 2.05) is 42.5 Å². The molecule has 0 spiro atoms. The van der Waals surface area contributed by atoms with Gasteiger partial charge in [0.25, 0.3) is 0 Å². The molecule has 2 aromatic carbocycles. The predicted octanol–water partition coefficient (Wildman–Crippen LogP) is 4.28. The molecular weight excluding hydrogens is 330 g/mol. The Kier molecular flexibility index (Phi) is 5.59. The van der Waals surface area contributed by atoms with Crippen molar-refractivity contribution in [3.8, 4) is 5.75 Å². The maximum absolute atomic E-state index is 11.9. The predicted molar refractivity (Wildman–Crippen MR) is 99.4 cm³/mol. The van der Waals surface area contributed by atoms with Gasteiger partial charge in [0.1, 0.15) is 17.1 Å². The summed E-state index contributed by atoms with van der Waals surface area (Å²) in [5.41, 5.74) is 2.61. The third-order valence-corrected chi connectivity index (χ3v) is 4.14. The molecule has 0 fully saturated rings. The highest BCUT2D eigenvalue weighted by Crippen LogP contribution is 2.25. The van der Waals surface area contributed by atoms with E-state index in [1.165, 1.54) is 13.4 Å². The lowest BCUT2D eigenvalue weighted by atomic mass is 10.1. The summed E-state index contributed by atoms with van der Waals surface area (Å²) in [5.74, 6) is 0.966. The van der Waals surface area contributed by atoms with Crippen molar-refractivity contribution < 1.29 is 18.7 Å². The third kappa shape index (κ3) is 4.06. The van der Waals surface area contributed by atoms with Crippen LogP contribution in [0.15, 0.2) is 71.3 Å². The minimum Gasteiger partial charge on any atom is -0.497 e. The lowest BCUT2D eigenvalue weighted by Gasteiger charge is -2.24. The first-order valence-corrected chi connectivity index (χ1v) is 8.29. The first kappa shape index (κ1) is 17.6. The fourth-order valence-corrected chi connectivity index (χ4v) is 2.76. The highest BCUT2D eigenvalue weighted by molar-refractivity contribution is 5.90. The second kappa shape index (κ2) is 8.25. The quantitative estimate of drug-likeness (QED) is 0.595. The molecule has 0 radical (unpaired) electrons. The number of carbonyl (C=O) groups is 1. The molecule has 0 amide bonds. The van der Waals surface area contributed by atoms with Gasteiger partial charge in [0, 0.05) is 12.2 Å². The van der Waals surface area contributed by atoms with E-state index in [1.54, 1.807) is 13.2 Å². The van der Waals surface area contributed by atoms with E-state index in [0.717, 1.165) is 17.0 Å². The number of rotatable bonds is 7. The van der Waals surface area contributed by atoms with Gasteiger partial charge < -0.3 is 18.8 Å². The molecule has 0 aliphatic rings. The van der Waals surface area contributed by atoms with Gasteiger partial charge in [-0.2, -0.15) is 0 Å². The number of nitrogens with zero attached hydrogens (tertiary/aromatic N) is 1. The number of anilines is 1. The molecular formula is C21H21NO4. The number of ether oxygens (including phenoxy) is 2. The molecule has 0 unspecified atom stereocenters. The summed E-state index contributed by atoms with van der Waals surface area (Å²) in [6, 6.07) is 19.6. The normalized spacial score (nSPS) is 10.4. The smallest absolute Gasteiger partial charge is 0.341 e. The van der Waals surface area contributed by atoms with Gasteiger partial charge >= 0.3 is 5.97 Å². The first-order chi connectivity index (χ1) is 12.7. The standard InChI is InChI=1S/C21H21NO4/c1-24-18-10-8-17(9-11-18)22(14-16-6-4-3-5-7-16)15-20-19(12-13-26-20)21(23)25-2/h3-13H,14-15H2,1-2H3. The van der Waals surface area contributed by atoms with Crippen molar-refractivity contribution in [2.24, 2.45) is 0 Å². The maximum Gasteiger partial charge on any atom is 0.341 e. The Bertz CT molecular complexity index is 840. The number of methoxy groups -OCH3 is 2. The van der Waals surface area contributed by atoms with E-state index in [0.29, 0.717) is 24.4 Å². The van der Waals surface area contributed by atoms with Crippen LogP contribution in [-0.2, 0) is 17.8 Å². The molecule has 1 aromatic heterocycles. The number of hydrogen-bond acceptors (Lipinski definition) is 5. The topological polar surface area (TPSA) is 51.9 Å². The van der Waals surface area contributed by atoms with Crippen molar-refractivity contribution >= 4 is 11.7 Å². The second-order valence-electron chi connectivity index (χ2n) is 5.79. The summed E-state index contributed by atoms with van der Waals surface area (Å²) in [4.78, 5) is 14.1. The van der Waals surface area contributed by atoms with Crippen LogP contribution >= 0.6 is 0 Å². The number of benzene rings is 2. The summed E-state index contributed by atoms with van der Waals surface area (Å²) in [5, 5.41) is 0. The molecule has 0 bridgehead atoms. The number of carbonyl (C=O) groups excluding carboxylic acids is 1. The average Bonchev–Trinajstić information content (AvgIpc) is 3.16. The van der Waals surface area contributed by atoms with Gasteiger partial charge in [-0.25, -0.2) is 4.79 Å². The maximum atomic E-state index is 11.9. The molecule has 0 aliphatic heterocycles. The van der Waals surface area contributed by atoms with Gasteiger partial charge in [-0.15, -0.1) is 0 Å². The molecule has 0 atom stereocenters. The highest BCUT2D eigenvalue weighted by Gasteiger charge is 2.18. The lowest BCUT2D eigenvalue weighted by Crippen LogP contribution is -2.23. The Morgan fingerprint density at radius 2 is 1.69 bits per heavy atom. The van der Waals surface area contributed by atoms with Crippen molar-refractivity contribution in [3.05, 3.63) is 83.8 Å². The van der Waals surface area contributed by atoms with Crippen LogP contribution in [0.3, 0.4) is 0 Å². The van der Waals surface area contributed by atoms with E-state index in [4.69, 9.17) is 13.9 Å². The lowest BCUT2D eigenvalue weighted by molar-refractivity contribution is 0.0598. The fourth-order valence-electron chi connectivity index (χ4n) is 2.76. The van der Waals surface area contributed by atoms with Crippen LogP contribution in [0.4, 0.5) is 5.69 Å². The van der Waals surface area contributed by atoms with Crippen LogP contribution in [0.2, 0.25) is 0 Å². The molecule has 0 saturated heterocycles. The number of esters is 1. The molecule has 0 saturated carbocycles. The van der Waals surface area contributed by atoms with Crippen molar-refractivity contribution in [3.63, 3.8) is 0 Å². The molecule has 134 valence electrons. The van der Waals surface area contributed by atoms with Crippen molar-refractivity contribution in [1.29, 1.82) is 0 Å². The van der Waals surface area contributed by atoms with Crippen LogP contribution in [-0.4, -0.2) is 20.2 Å². The zero-order chi connectivity index (χ0) is 18.4. The third-order valence-electron chi connectivity index (χ3n) is 4.14. The van der Waals surface area contributed by atoms with Gasteiger partial charge in [0.2, 0.25) is 0 Å². The van der Waals surface area contributed by atoms with Gasteiger partial charge in [-0.1, -0.05) is 30.3 Å². The Hall–Kier alpha value is -3.21. The minimum atomic E-state index is -0.400. The SMILES string of the molecule is COC(=O)c1ccoc1CN(Cc1ccccc1)c1ccc(OC)cc1. The average molecular weight is 351 g/mol. The molecule has 5 nitrogen and oxygen atoms in total. The van der Waals surface area contributed by atoms with Crippen LogP contribution in [0.5, 0.6) is 5.75 Å². The monoisotopic (exact) mass is 351 g/mol. The summed E-state index contributed by atoms with van der Waals surface area (Å²) in [6.45, 7) is 1.12. The molecule has 5 heteroatoms. The highest BCUT2D eigenvalue weighted by atomic mass is 16.5. The zero-order valence-electron chi connectivity index (χ0n) is 14.8. The van der Waals surface area contributed by atoms with Crippen LogP contribution in [0.25, 0.3) is 0 Å². The first-order valence-electron chi connectivity index (χ1n) is 8.29. The van der Waals surface area contributed by atoms with Gasteiger partial charge in [-0.3, -0.25) is 0 Å². The molecule has 0 aliphatic carbocycles. The van der Waals surface area contributed by atoms with E-state index >= 15 is 0 Å². The summed E-state index contributed by atoms with van der Waals surface area (Å²) in [7, 11) is 3.01. The number of furan rings is 1. The van der Waals surface area contributed by atoms with Crippen molar-refractivity contribution in [2.75, 3.05) is 19.1 Å². The van der Waals surface area contributed by atoms with Gasteiger partial charge in [0.15, 0.2) is 0 Å². The largest absolute Gasteiger partial charge is 0.497 e. The minimum absolute atomic E-state index is 0.400. The van der Waals surface area contributed by atoms with Crippen molar-refractivity contribution in [1.82, 2.24) is 0 Å². The Labute approximate surface area is 152 Å². The fraction of sp³-hybridized carbons (Fsp3) is 0.190. The van der Waals surface area contributed by atoms with Crippen molar-refractivity contribution in [2.45, 2.75) is 13.1 Å². The molecule has 0 N–H and O–H groups in total.